The number of hydrogen-bond donors (Lipinski definition) is 1. The van der Waals surface area contributed by atoms with Gasteiger partial charge in [-0.1, -0.05) is 32.9 Å². The van der Waals surface area contributed by atoms with Gasteiger partial charge in [0.15, 0.2) is 0 Å². The smallest absolute Gasteiger partial charge is 0.0991 e. The van der Waals surface area contributed by atoms with Crippen molar-refractivity contribution in [1.82, 2.24) is 14.9 Å². The molecule has 2 aromatic rings. The second kappa shape index (κ2) is 5.80. The maximum atomic E-state index is 4.07. The van der Waals surface area contributed by atoms with E-state index in [1.165, 1.54) is 5.56 Å². The highest BCUT2D eigenvalue weighted by atomic mass is 15.0. The summed E-state index contributed by atoms with van der Waals surface area (Å²) in [6.45, 7) is 11.3. The first-order valence-corrected chi connectivity index (χ1v) is 7.22. The van der Waals surface area contributed by atoms with Crippen molar-refractivity contribution in [1.29, 1.82) is 0 Å². The molecule has 0 bridgehead atoms. The minimum Gasteiger partial charge on any atom is -0.307 e. The van der Waals surface area contributed by atoms with E-state index in [4.69, 9.17) is 0 Å². The zero-order valence-electron chi connectivity index (χ0n) is 13.1. The molecule has 0 radical (unpaired) electrons. The van der Waals surface area contributed by atoms with E-state index in [0.29, 0.717) is 12.1 Å². The molecule has 108 valence electrons. The van der Waals surface area contributed by atoms with Crippen molar-refractivity contribution in [3.63, 3.8) is 0 Å². The second-order valence-electron chi connectivity index (χ2n) is 6.54. The first-order valence-electron chi connectivity index (χ1n) is 7.22. The normalized spacial score (nSPS) is 15.1. The van der Waals surface area contributed by atoms with Gasteiger partial charge in [0.1, 0.15) is 0 Å². The van der Waals surface area contributed by atoms with Gasteiger partial charge >= 0.3 is 0 Å². The Morgan fingerprint density at radius 3 is 2.25 bits per heavy atom. The van der Waals surface area contributed by atoms with Crippen molar-refractivity contribution in [3.05, 3.63) is 48.5 Å². The molecule has 3 nitrogen and oxygen atoms in total. The number of nitrogens with one attached hydrogen (secondary N) is 1. The molecule has 0 amide bonds. The van der Waals surface area contributed by atoms with Crippen molar-refractivity contribution in [2.75, 3.05) is 0 Å². The highest BCUT2D eigenvalue weighted by molar-refractivity contribution is 5.35. The number of rotatable bonds is 4. The van der Waals surface area contributed by atoms with E-state index in [2.05, 4.69) is 69.2 Å². The standard InChI is InChI=1S/C17H25N3/c1-13(19-14(2)17(3,4)5)15-6-8-16(9-7-15)20-11-10-18-12-20/h6-14,19H,1-5H3. The largest absolute Gasteiger partial charge is 0.307 e. The van der Waals surface area contributed by atoms with E-state index in [9.17, 15) is 0 Å². The van der Waals surface area contributed by atoms with Gasteiger partial charge in [0, 0.05) is 30.2 Å². The summed E-state index contributed by atoms with van der Waals surface area (Å²) in [4.78, 5) is 4.07. The first-order chi connectivity index (χ1) is 9.38. The monoisotopic (exact) mass is 271 g/mol. The number of benzene rings is 1. The number of nitrogens with zero attached hydrogens (tertiary/aromatic N) is 2. The lowest BCUT2D eigenvalue weighted by atomic mass is 9.87. The van der Waals surface area contributed by atoms with Crippen molar-refractivity contribution in [2.24, 2.45) is 5.41 Å². The van der Waals surface area contributed by atoms with Crippen LogP contribution >= 0.6 is 0 Å². The van der Waals surface area contributed by atoms with Gasteiger partial charge in [-0.05, 0) is 37.0 Å². The molecule has 1 aromatic heterocycles. The average Bonchev–Trinajstić information content (AvgIpc) is 2.91. The van der Waals surface area contributed by atoms with Crippen LogP contribution in [-0.4, -0.2) is 15.6 Å². The predicted octanol–water partition coefficient (Wildman–Crippen LogP) is 3.96. The van der Waals surface area contributed by atoms with Gasteiger partial charge < -0.3 is 9.88 Å². The summed E-state index contributed by atoms with van der Waals surface area (Å²) in [6, 6.07) is 9.45. The van der Waals surface area contributed by atoms with Crippen LogP contribution in [0.4, 0.5) is 0 Å². The highest BCUT2D eigenvalue weighted by Gasteiger charge is 2.21. The van der Waals surface area contributed by atoms with Crippen LogP contribution in [0.3, 0.4) is 0 Å². The van der Waals surface area contributed by atoms with Crippen molar-refractivity contribution >= 4 is 0 Å². The Bertz CT molecular complexity index is 520. The lowest BCUT2D eigenvalue weighted by molar-refractivity contribution is 0.268. The minimum absolute atomic E-state index is 0.269. The molecule has 0 aliphatic rings. The summed E-state index contributed by atoms with van der Waals surface area (Å²) in [5, 5.41) is 3.67. The molecule has 2 atom stereocenters. The number of hydrogen-bond acceptors (Lipinski definition) is 2. The van der Waals surface area contributed by atoms with Crippen LogP contribution in [0.1, 0.15) is 46.2 Å². The fourth-order valence-corrected chi connectivity index (χ4v) is 2.07. The molecule has 0 saturated heterocycles. The van der Waals surface area contributed by atoms with E-state index in [-0.39, 0.29) is 5.41 Å². The molecule has 0 spiro atoms. The highest BCUT2D eigenvalue weighted by Crippen LogP contribution is 2.23. The molecule has 0 aliphatic carbocycles. The fourth-order valence-electron chi connectivity index (χ4n) is 2.07. The average molecular weight is 271 g/mol. The summed E-state index contributed by atoms with van der Waals surface area (Å²) in [5.41, 5.74) is 2.72. The summed E-state index contributed by atoms with van der Waals surface area (Å²) >= 11 is 0. The number of aromatic nitrogens is 2. The van der Waals surface area contributed by atoms with Crippen LogP contribution < -0.4 is 5.32 Å². The summed E-state index contributed by atoms with van der Waals surface area (Å²) in [5.74, 6) is 0. The van der Waals surface area contributed by atoms with Gasteiger partial charge in [-0.3, -0.25) is 0 Å². The third-order valence-electron chi connectivity index (χ3n) is 3.99. The Kier molecular flexibility index (Phi) is 4.29. The van der Waals surface area contributed by atoms with Crippen LogP contribution in [0.5, 0.6) is 0 Å². The molecule has 3 heteroatoms. The summed E-state index contributed by atoms with van der Waals surface area (Å²) < 4.78 is 2.01. The Hall–Kier alpha value is -1.61. The molecule has 0 saturated carbocycles. The summed E-state index contributed by atoms with van der Waals surface area (Å²) in [6.07, 6.45) is 5.57. The van der Waals surface area contributed by atoms with E-state index in [1.807, 2.05) is 17.1 Å². The first kappa shape index (κ1) is 14.8. The van der Waals surface area contributed by atoms with Crippen molar-refractivity contribution < 1.29 is 0 Å². The SMILES string of the molecule is CC(NC(C)C(C)(C)C)c1ccc(-n2ccnc2)cc1. The van der Waals surface area contributed by atoms with Crippen LogP contribution in [-0.2, 0) is 0 Å². The topological polar surface area (TPSA) is 29.9 Å². The minimum atomic E-state index is 0.269. The van der Waals surface area contributed by atoms with Gasteiger partial charge in [-0.15, -0.1) is 0 Å². The van der Waals surface area contributed by atoms with Gasteiger partial charge in [0.25, 0.3) is 0 Å². The quantitative estimate of drug-likeness (QED) is 0.912. The zero-order valence-corrected chi connectivity index (χ0v) is 13.1. The molecule has 0 aliphatic heterocycles. The van der Waals surface area contributed by atoms with Gasteiger partial charge in [-0.25, -0.2) is 4.98 Å². The van der Waals surface area contributed by atoms with Crippen molar-refractivity contribution in [2.45, 2.75) is 46.7 Å². The fraction of sp³-hybridized carbons (Fsp3) is 0.471. The molecular weight excluding hydrogens is 246 g/mol. The van der Waals surface area contributed by atoms with E-state index in [1.54, 1.807) is 6.20 Å². The van der Waals surface area contributed by atoms with E-state index in [0.717, 1.165) is 5.69 Å². The Morgan fingerprint density at radius 2 is 1.75 bits per heavy atom. The van der Waals surface area contributed by atoms with E-state index >= 15 is 0 Å². The lowest BCUT2D eigenvalue weighted by Crippen LogP contribution is -2.39. The Balaban J connectivity index is 2.06. The third-order valence-corrected chi connectivity index (χ3v) is 3.99. The predicted molar refractivity (Wildman–Crippen MR) is 84.0 cm³/mol. The maximum Gasteiger partial charge on any atom is 0.0991 e. The van der Waals surface area contributed by atoms with Crippen molar-refractivity contribution in [3.8, 4) is 5.69 Å². The molecule has 2 rings (SSSR count). The maximum absolute atomic E-state index is 4.07. The molecule has 1 aromatic carbocycles. The molecule has 1 N–H and O–H groups in total. The molecular formula is C17H25N3. The zero-order chi connectivity index (χ0) is 14.8. The number of imidazole rings is 1. The molecule has 0 fully saturated rings. The van der Waals surface area contributed by atoms with Gasteiger partial charge in [0.05, 0.1) is 6.33 Å². The molecule has 2 unspecified atom stereocenters. The Labute approximate surface area is 122 Å². The van der Waals surface area contributed by atoms with Gasteiger partial charge in [0.2, 0.25) is 0 Å². The Morgan fingerprint density at radius 1 is 1.10 bits per heavy atom. The van der Waals surface area contributed by atoms with Gasteiger partial charge in [-0.2, -0.15) is 0 Å². The van der Waals surface area contributed by atoms with E-state index < -0.39 is 0 Å². The lowest BCUT2D eigenvalue weighted by Gasteiger charge is -2.31. The van der Waals surface area contributed by atoms with Crippen LogP contribution in [0.2, 0.25) is 0 Å². The third kappa shape index (κ3) is 3.48. The summed E-state index contributed by atoms with van der Waals surface area (Å²) in [7, 11) is 0. The molecule has 1 heterocycles. The van der Waals surface area contributed by atoms with Crippen LogP contribution in [0.15, 0.2) is 43.0 Å². The van der Waals surface area contributed by atoms with Crippen LogP contribution in [0, 0.1) is 5.41 Å². The second-order valence-corrected chi connectivity index (χ2v) is 6.54. The molecule has 20 heavy (non-hydrogen) atoms. The van der Waals surface area contributed by atoms with Crippen LogP contribution in [0.25, 0.3) is 5.69 Å².